The number of benzene rings is 1. The smallest absolute Gasteiger partial charge is 0.381 e. The third-order valence-electron chi connectivity index (χ3n) is 4.34. The van der Waals surface area contributed by atoms with Gasteiger partial charge in [0, 0.05) is 16.2 Å². The van der Waals surface area contributed by atoms with Crippen molar-refractivity contribution in [3.8, 4) is 0 Å². The van der Waals surface area contributed by atoms with Crippen molar-refractivity contribution in [1.82, 2.24) is 0 Å². The molecule has 112 valence electrons. The highest BCUT2D eigenvalue weighted by Crippen LogP contribution is 2.37. The van der Waals surface area contributed by atoms with E-state index in [9.17, 15) is 13.2 Å². The molecule has 1 aliphatic carbocycles. The molecule has 1 fully saturated rings. The summed E-state index contributed by atoms with van der Waals surface area (Å²) in [6.45, 7) is 4.38. The van der Waals surface area contributed by atoms with Gasteiger partial charge in [-0.25, -0.2) is 0 Å². The highest BCUT2D eigenvalue weighted by Gasteiger charge is 2.32. The van der Waals surface area contributed by atoms with Gasteiger partial charge in [-0.15, -0.1) is 0 Å². The van der Waals surface area contributed by atoms with E-state index in [1.165, 1.54) is 18.6 Å². The van der Waals surface area contributed by atoms with Crippen LogP contribution < -0.4 is 5.32 Å². The molecular weight excluding hydrogens is 331 g/mol. The van der Waals surface area contributed by atoms with E-state index in [0.717, 1.165) is 18.9 Å². The van der Waals surface area contributed by atoms with E-state index in [0.29, 0.717) is 22.0 Å². The first-order valence-electron chi connectivity index (χ1n) is 6.92. The molecule has 0 heterocycles. The topological polar surface area (TPSA) is 12.0 Å². The van der Waals surface area contributed by atoms with Crippen molar-refractivity contribution in [2.45, 2.75) is 45.3 Å². The van der Waals surface area contributed by atoms with Crippen LogP contribution in [0.5, 0.6) is 0 Å². The zero-order chi connectivity index (χ0) is 14.9. The average Bonchev–Trinajstić information content (AvgIpc) is 2.36. The van der Waals surface area contributed by atoms with Crippen LogP contribution in [0.15, 0.2) is 22.7 Å². The molecule has 2 rings (SSSR count). The first-order chi connectivity index (χ1) is 9.29. The molecule has 20 heavy (non-hydrogen) atoms. The molecule has 1 nitrogen and oxygen atoms in total. The van der Waals surface area contributed by atoms with Gasteiger partial charge in [-0.05, 0) is 52.4 Å². The van der Waals surface area contributed by atoms with Crippen molar-refractivity contribution >= 4 is 21.6 Å². The van der Waals surface area contributed by atoms with E-state index in [1.807, 2.05) is 0 Å². The Hall–Kier alpha value is -0.710. The predicted molar refractivity (Wildman–Crippen MR) is 78.7 cm³/mol. The number of rotatable bonds is 2. The van der Waals surface area contributed by atoms with E-state index in [2.05, 4.69) is 35.1 Å². The summed E-state index contributed by atoms with van der Waals surface area (Å²) in [5.74, 6) is 1.07. The van der Waals surface area contributed by atoms with Gasteiger partial charge in [0.2, 0.25) is 0 Å². The van der Waals surface area contributed by atoms with Gasteiger partial charge in [0.1, 0.15) is 0 Å². The van der Waals surface area contributed by atoms with Crippen LogP contribution in [0.3, 0.4) is 0 Å². The third kappa shape index (κ3) is 3.48. The Balaban J connectivity index is 2.20. The normalized spacial score (nSPS) is 27.4. The molecule has 0 aliphatic heterocycles. The molecule has 1 aliphatic rings. The molecule has 0 saturated heterocycles. The summed E-state index contributed by atoms with van der Waals surface area (Å²) < 4.78 is 39.0. The largest absolute Gasteiger partial charge is 0.416 e. The molecule has 0 radical (unpaired) electrons. The van der Waals surface area contributed by atoms with Crippen molar-refractivity contribution in [1.29, 1.82) is 0 Å². The first-order valence-corrected chi connectivity index (χ1v) is 7.71. The molecule has 1 aromatic rings. The second-order valence-corrected chi connectivity index (χ2v) is 6.56. The Morgan fingerprint density at radius 2 is 1.90 bits per heavy atom. The van der Waals surface area contributed by atoms with Crippen molar-refractivity contribution < 1.29 is 13.2 Å². The molecule has 1 saturated carbocycles. The fraction of sp³-hybridized carbons (Fsp3) is 0.600. The van der Waals surface area contributed by atoms with Crippen LogP contribution >= 0.6 is 15.9 Å². The molecule has 0 amide bonds. The van der Waals surface area contributed by atoms with E-state index in [-0.39, 0.29) is 6.04 Å². The number of halogens is 4. The number of alkyl halides is 3. The van der Waals surface area contributed by atoms with E-state index >= 15 is 0 Å². The highest BCUT2D eigenvalue weighted by atomic mass is 79.9. The van der Waals surface area contributed by atoms with Gasteiger partial charge in [0.05, 0.1) is 5.56 Å². The third-order valence-corrected chi connectivity index (χ3v) is 5.03. The average molecular weight is 350 g/mol. The second-order valence-electron chi connectivity index (χ2n) is 5.71. The monoisotopic (exact) mass is 349 g/mol. The van der Waals surface area contributed by atoms with Crippen LogP contribution in [-0.2, 0) is 6.18 Å². The van der Waals surface area contributed by atoms with Crippen LogP contribution in [0.4, 0.5) is 18.9 Å². The van der Waals surface area contributed by atoms with Crippen LogP contribution in [-0.4, -0.2) is 6.04 Å². The van der Waals surface area contributed by atoms with Gasteiger partial charge in [0.15, 0.2) is 0 Å². The lowest BCUT2D eigenvalue weighted by Crippen LogP contribution is -2.35. The lowest BCUT2D eigenvalue weighted by atomic mass is 9.78. The molecule has 5 heteroatoms. The zero-order valence-electron chi connectivity index (χ0n) is 11.6. The number of anilines is 1. The van der Waals surface area contributed by atoms with Gasteiger partial charge in [0.25, 0.3) is 0 Å². The van der Waals surface area contributed by atoms with Gasteiger partial charge < -0.3 is 5.32 Å². The van der Waals surface area contributed by atoms with Crippen molar-refractivity contribution in [3.05, 3.63) is 28.2 Å². The summed E-state index contributed by atoms with van der Waals surface area (Å²) in [6, 6.07) is 3.99. The first kappa shape index (κ1) is 15.7. The van der Waals surface area contributed by atoms with E-state index < -0.39 is 11.7 Å². The maximum Gasteiger partial charge on any atom is 0.416 e. The Labute approximate surface area is 126 Å². The standard InChI is InChI=1S/C15H19BrF3N/c1-9-4-3-5-13(10(9)2)20-14-8-11(15(17,18)19)6-7-12(14)16/h6-10,13,20H,3-5H2,1-2H3. The Kier molecular flexibility index (Phi) is 4.67. The molecule has 0 bridgehead atoms. The zero-order valence-corrected chi connectivity index (χ0v) is 13.2. The number of nitrogens with one attached hydrogen (secondary N) is 1. The lowest BCUT2D eigenvalue weighted by molar-refractivity contribution is -0.137. The minimum atomic E-state index is -4.30. The van der Waals surface area contributed by atoms with Crippen molar-refractivity contribution in [3.63, 3.8) is 0 Å². The minimum Gasteiger partial charge on any atom is -0.381 e. The van der Waals surface area contributed by atoms with Crippen molar-refractivity contribution in [2.24, 2.45) is 11.8 Å². The summed E-state index contributed by atoms with van der Waals surface area (Å²) in [7, 11) is 0. The van der Waals surface area contributed by atoms with Gasteiger partial charge in [-0.1, -0.05) is 26.7 Å². The summed E-state index contributed by atoms with van der Waals surface area (Å²) >= 11 is 3.33. The fourth-order valence-electron chi connectivity index (χ4n) is 2.80. The summed E-state index contributed by atoms with van der Waals surface area (Å²) in [5, 5.41) is 3.29. The van der Waals surface area contributed by atoms with Gasteiger partial charge >= 0.3 is 6.18 Å². The molecule has 3 unspecified atom stereocenters. The highest BCUT2D eigenvalue weighted by molar-refractivity contribution is 9.10. The molecule has 1 N–H and O–H groups in total. The van der Waals surface area contributed by atoms with Gasteiger partial charge in [-0.2, -0.15) is 13.2 Å². The molecule has 0 spiro atoms. The maximum absolute atomic E-state index is 12.8. The van der Waals surface area contributed by atoms with Crippen LogP contribution in [0.2, 0.25) is 0 Å². The molecule has 1 aromatic carbocycles. The van der Waals surface area contributed by atoms with E-state index in [1.54, 1.807) is 0 Å². The second kappa shape index (κ2) is 5.96. The fourth-order valence-corrected chi connectivity index (χ4v) is 3.16. The quantitative estimate of drug-likeness (QED) is 0.721. The SMILES string of the molecule is CC1CCCC(Nc2cc(C(F)(F)F)ccc2Br)C1C. The lowest BCUT2D eigenvalue weighted by Gasteiger charge is -2.35. The predicted octanol–water partition coefficient (Wildman–Crippen LogP) is 5.70. The minimum absolute atomic E-state index is 0.235. The Morgan fingerprint density at radius 3 is 2.55 bits per heavy atom. The molecule has 0 aromatic heterocycles. The Morgan fingerprint density at radius 1 is 1.20 bits per heavy atom. The summed E-state index contributed by atoms with van der Waals surface area (Å²) in [5.41, 5.74) is -0.0783. The Bertz CT molecular complexity index is 473. The van der Waals surface area contributed by atoms with Crippen LogP contribution in [0.25, 0.3) is 0 Å². The molecular formula is C15H19BrF3N. The maximum atomic E-state index is 12.8. The van der Waals surface area contributed by atoms with Crippen molar-refractivity contribution in [2.75, 3.05) is 5.32 Å². The summed E-state index contributed by atoms with van der Waals surface area (Å²) in [6.07, 6.45) is -0.973. The van der Waals surface area contributed by atoms with E-state index in [4.69, 9.17) is 0 Å². The van der Waals surface area contributed by atoms with Crippen LogP contribution in [0, 0.1) is 11.8 Å². The van der Waals surface area contributed by atoms with Gasteiger partial charge in [-0.3, -0.25) is 0 Å². The number of hydrogen-bond donors (Lipinski definition) is 1. The molecule has 3 atom stereocenters. The summed E-state index contributed by atoms with van der Waals surface area (Å²) in [4.78, 5) is 0. The van der Waals surface area contributed by atoms with Crippen LogP contribution in [0.1, 0.15) is 38.7 Å². The number of hydrogen-bond acceptors (Lipinski definition) is 1.